The first-order valence-corrected chi connectivity index (χ1v) is 6.47. The molecule has 0 bridgehead atoms. The average Bonchev–Trinajstić information content (AvgIpc) is 3.09. The van der Waals surface area contributed by atoms with E-state index < -0.39 is 0 Å². The van der Waals surface area contributed by atoms with Crippen molar-refractivity contribution in [3.8, 4) is 0 Å². The monoisotopic (exact) mass is 252 g/mol. The van der Waals surface area contributed by atoms with Crippen LogP contribution in [-0.2, 0) is 9.53 Å². The maximum absolute atomic E-state index is 11.5. The Labute approximate surface area is 107 Å². The number of ether oxygens (including phenoxy) is 1. The second kappa shape index (κ2) is 5.09. The van der Waals surface area contributed by atoms with Crippen LogP contribution >= 0.6 is 11.6 Å². The van der Waals surface area contributed by atoms with Gasteiger partial charge >= 0.3 is 5.97 Å². The lowest BCUT2D eigenvalue weighted by atomic mass is 10.1. The Morgan fingerprint density at radius 1 is 1.47 bits per heavy atom. The van der Waals surface area contributed by atoms with Crippen molar-refractivity contribution in [1.29, 1.82) is 0 Å². The molecule has 1 saturated carbocycles. The minimum atomic E-state index is -0.0627. The molecule has 0 N–H and O–H groups in total. The van der Waals surface area contributed by atoms with Crippen LogP contribution in [0.15, 0.2) is 24.3 Å². The molecule has 92 valence electrons. The normalized spacial score (nSPS) is 24.2. The third-order valence-electron chi connectivity index (χ3n) is 3.20. The summed E-state index contributed by atoms with van der Waals surface area (Å²) in [7, 11) is 0. The van der Waals surface area contributed by atoms with E-state index in [1.165, 1.54) is 5.56 Å². The van der Waals surface area contributed by atoms with Gasteiger partial charge < -0.3 is 4.74 Å². The zero-order valence-electron chi connectivity index (χ0n) is 10.2. The Hall–Kier alpha value is -1.02. The molecule has 17 heavy (non-hydrogen) atoms. The first-order chi connectivity index (χ1) is 8.13. The number of hydrogen-bond donors (Lipinski definition) is 0. The largest absolute Gasteiger partial charge is 0.466 e. The highest BCUT2D eigenvalue weighted by Gasteiger charge is 2.44. The number of carbonyl (C=O) groups is 1. The molecule has 0 aliphatic heterocycles. The van der Waals surface area contributed by atoms with E-state index in [4.69, 9.17) is 16.3 Å². The zero-order valence-corrected chi connectivity index (χ0v) is 10.9. The first-order valence-electron chi connectivity index (χ1n) is 6.04. The Morgan fingerprint density at radius 2 is 2.12 bits per heavy atom. The van der Waals surface area contributed by atoms with Gasteiger partial charge in [-0.3, -0.25) is 4.79 Å². The summed E-state index contributed by atoms with van der Waals surface area (Å²) >= 11 is 6.00. The van der Waals surface area contributed by atoms with Crippen LogP contribution in [0.1, 0.15) is 42.7 Å². The fourth-order valence-electron chi connectivity index (χ4n) is 2.08. The summed E-state index contributed by atoms with van der Waals surface area (Å²) in [5, 5.41) is 0.0316. The van der Waals surface area contributed by atoms with Crippen molar-refractivity contribution in [2.75, 3.05) is 6.61 Å². The van der Waals surface area contributed by atoms with Gasteiger partial charge in [-0.2, -0.15) is 0 Å². The summed E-state index contributed by atoms with van der Waals surface area (Å²) in [6.07, 6.45) is 0.911. The lowest BCUT2D eigenvalue weighted by molar-refractivity contribution is -0.144. The van der Waals surface area contributed by atoms with Gasteiger partial charge in [-0.1, -0.05) is 24.3 Å². The highest BCUT2D eigenvalue weighted by molar-refractivity contribution is 6.20. The summed E-state index contributed by atoms with van der Waals surface area (Å²) in [5.74, 6) is 0.343. The molecule has 1 aliphatic carbocycles. The molecule has 1 aliphatic rings. The number of carbonyl (C=O) groups excluding carboxylic acids is 1. The third kappa shape index (κ3) is 2.81. The average molecular weight is 253 g/mol. The SMILES string of the molecule is CCOC(=O)[C@@H]1C[C@@H]1c1ccc(C(C)Cl)cc1. The molecule has 0 amide bonds. The van der Waals surface area contributed by atoms with Crippen LogP contribution in [0.3, 0.4) is 0 Å². The van der Waals surface area contributed by atoms with Crippen LogP contribution in [0.2, 0.25) is 0 Å². The van der Waals surface area contributed by atoms with Crippen molar-refractivity contribution >= 4 is 17.6 Å². The van der Waals surface area contributed by atoms with E-state index in [0.29, 0.717) is 12.5 Å². The van der Waals surface area contributed by atoms with Crippen molar-refractivity contribution in [3.05, 3.63) is 35.4 Å². The number of esters is 1. The molecule has 1 aromatic rings. The Bertz CT molecular complexity index is 397. The van der Waals surface area contributed by atoms with Crippen molar-refractivity contribution < 1.29 is 9.53 Å². The number of benzene rings is 1. The Balaban J connectivity index is 1.99. The minimum absolute atomic E-state index is 0.0316. The zero-order chi connectivity index (χ0) is 12.4. The van der Waals surface area contributed by atoms with Crippen molar-refractivity contribution in [2.45, 2.75) is 31.6 Å². The molecule has 1 fully saturated rings. The van der Waals surface area contributed by atoms with E-state index in [1.807, 2.05) is 26.0 Å². The van der Waals surface area contributed by atoms with Crippen LogP contribution in [0.25, 0.3) is 0 Å². The summed E-state index contributed by atoms with van der Waals surface area (Å²) in [4.78, 5) is 11.5. The second-order valence-corrected chi connectivity index (χ2v) is 5.14. The molecule has 3 atom stereocenters. The molecule has 0 aromatic heterocycles. The Kier molecular flexibility index (Phi) is 3.72. The van der Waals surface area contributed by atoms with E-state index in [-0.39, 0.29) is 17.3 Å². The summed E-state index contributed by atoms with van der Waals surface area (Å²) in [6, 6.07) is 8.21. The first kappa shape index (κ1) is 12.4. The van der Waals surface area contributed by atoms with Crippen LogP contribution in [0.4, 0.5) is 0 Å². The van der Waals surface area contributed by atoms with E-state index in [2.05, 4.69) is 12.1 Å². The van der Waals surface area contributed by atoms with Crippen molar-refractivity contribution in [1.82, 2.24) is 0 Å². The van der Waals surface area contributed by atoms with Gasteiger partial charge in [-0.15, -0.1) is 11.6 Å². The van der Waals surface area contributed by atoms with Gasteiger partial charge in [0, 0.05) is 0 Å². The number of halogens is 1. The molecule has 2 nitrogen and oxygen atoms in total. The fraction of sp³-hybridized carbons (Fsp3) is 0.500. The predicted octanol–water partition coefficient (Wildman–Crippen LogP) is 3.65. The summed E-state index contributed by atoms with van der Waals surface area (Å²) in [6.45, 7) is 4.26. The number of alkyl halides is 1. The number of hydrogen-bond acceptors (Lipinski definition) is 2. The van der Waals surface area contributed by atoms with Gasteiger partial charge in [0.15, 0.2) is 0 Å². The topological polar surface area (TPSA) is 26.3 Å². The van der Waals surface area contributed by atoms with E-state index >= 15 is 0 Å². The summed E-state index contributed by atoms with van der Waals surface area (Å²) < 4.78 is 5.02. The fourth-order valence-corrected chi connectivity index (χ4v) is 2.23. The van der Waals surface area contributed by atoms with Crippen LogP contribution < -0.4 is 0 Å². The van der Waals surface area contributed by atoms with Gasteiger partial charge in [0.05, 0.1) is 17.9 Å². The maximum Gasteiger partial charge on any atom is 0.309 e. The van der Waals surface area contributed by atoms with Gasteiger partial charge in [-0.05, 0) is 37.3 Å². The van der Waals surface area contributed by atoms with Gasteiger partial charge in [0.1, 0.15) is 0 Å². The molecule has 3 heteroatoms. The number of rotatable bonds is 4. The molecular formula is C14H17ClO2. The highest BCUT2D eigenvalue weighted by atomic mass is 35.5. The van der Waals surface area contributed by atoms with E-state index in [0.717, 1.165) is 12.0 Å². The quantitative estimate of drug-likeness (QED) is 0.604. The molecule has 0 heterocycles. The molecular weight excluding hydrogens is 236 g/mol. The molecule has 0 radical (unpaired) electrons. The van der Waals surface area contributed by atoms with Gasteiger partial charge in [-0.25, -0.2) is 0 Å². The van der Waals surface area contributed by atoms with Gasteiger partial charge in [0.2, 0.25) is 0 Å². The van der Waals surface area contributed by atoms with Gasteiger partial charge in [0.25, 0.3) is 0 Å². The molecule has 0 saturated heterocycles. The van der Waals surface area contributed by atoms with Crippen LogP contribution in [0, 0.1) is 5.92 Å². The molecule has 2 rings (SSSR count). The lowest BCUT2D eigenvalue weighted by Crippen LogP contribution is -2.07. The van der Waals surface area contributed by atoms with Crippen molar-refractivity contribution in [2.24, 2.45) is 5.92 Å². The van der Waals surface area contributed by atoms with E-state index in [9.17, 15) is 4.79 Å². The van der Waals surface area contributed by atoms with Crippen molar-refractivity contribution in [3.63, 3.8) is 0 Å². The Morgan fingerprint density at radius 3 is 2.65 bits per heavy atom. The molecule has 0 spiro atoms. The molecule has 1 aromatic carbocycles. The van der Waals surface area contributed by atoms with Crippen LogP contribution in [0.5, 0.6) is 0 Å². The van der Waals surface area contributed by atoms with Crippen LogP contribution in [-0.4, -0.2) is 12.6 Å². The maximum atomic E-state index is 11.5. The smallest absolute Gasteiger partial charge is 0.309 e. The highest BCUT2D eigenvalue weighted by Crippen LogP contribution is 2.48. The lowest BCUT2D eigenvalue weighted by Gasteiger charge is -2.05. The molecule has 1 unspecified atom stereocenters. The summed E-state index contributed by atoms with van der Waals surface area (Å²) in [5.41, 5.74) is 2.33. The third-order valence-corrected chi connectivity index (χ3v) is 3.46. The van der Waals surface area contributed by atoms with E-state index in [1.54, 1.807) is 0 Å². The minimum Gasteiger partial charge on any atom is -0.466 e. The predicted molar refractivity (Wildman–Crippen MR) is 68.2 cm³/mol. The standard InChI is InChI=1S/C14H17ClO2/c1-3-17-14(16)13-8-12(13)11-6-4-10(5-7-11)9(2)15/h4-7,9,12-13H,3,8H2,1-2H3/t9?,12-,13-/m1/s1. The second-order valence-electron chi connectivity index (χ2n) is 4.48.